The normalized spacial score (nSPS) is 19.1. The van der Waals surface area contributed by atoms with E-state index in [1.807, 2.05) is 0 Å². The highest BCUT2D eigenvalue weighted by Gasteiger charge is 2.27. The molecule has 1 aliphatic rings. The van der Waals surface area contributed by atoms with E-state index in [4.69, 9.17) is 11.6 Å². The van der Waals surface area contributed by atoms with Gasteiger partial charge >= 0.3 is 0 Å². The van der Waals surface area contributed by atoms with Crippen molar-refractivity contribution >= 4 is 11.6 Å². The first-order valence-electron chi connectivity index (χ1n) is 5.39. The second-order valence-electron chi connectivity index (χ2n) is 4.45. The molecule has 0 N–H and O–H groups in total. The standard InChI is InChI=1S/C13H17Cl/c1-9-6-7-12(10(2)8-9)13(14)11-4-3-5-11/h6-8,11,13H,3-5H2,1-2H3. The summed E-state index contributed by atoms with van der Waals surface area (Å²) in [5.41, 5.74) is 4.00. The summed E-state index contributed by atoms with van der Waals surface area (Å²) in [4.78, 5) is 0. The summed E-state index contributed by atoms with van der Waals surface area (Å²) in [6, 6.07) is 6.58. The third-order valence-electron chi connectivity index (χ3n) is 3.29. The second kappa shape index (κ2) is 3.94. The van der Waals surface area contributed by atoms with Crippen LogP contribution in [0.1, 0.15) is 41.3 Å². The fourth-order valence-corrected chi connectivity index (χ4v) is 2.62. The lowest BCUT2D eigenvalue weighted by Crippen LogP contribution is -2.17. The van der Waals surface area contributed by atoms with E-state index < -0.39 is 0 Å². The van der Waals surface area contributed by atoms with Gasteiger partial charge < -0.3 is 0 Å². The first kappa shape index (κ1) is 10.0. The summed E-state index contributed by atoms with van der Waals surface area (Å²) in [6.07, 6.45) is 3.97. The Morgan fingerprint density at radius 2 is 2.00 bits per heavy atom. The summed E-state index contributed by atoms with van der Waals surface area (Å²) < 4.78 is 0. The molecule has 76 valence electrons. The molecule has 1 unspecified atom stereocenters. The van der Waals surface area contributed by atoms with Gasteiger partial charge in [-0.2, -0.15) is 0 Å². The Hall–Kier alpha value is -0.490. The number of rotatable bonds is 2. The van der Waals surface area contributed by atoms with Crippen molar-refractivity contribution in [3.8, 4) is 0 Å². The van der Waals surface area contributed by atoms with E-state index in [0.29, 0.717) is 0 Å². The number of hydrogen-bond donors (Lipinski definition) is 0. The summed E-state index contributed by atoms with van der Waals surface area (Å²) in [7, 11) is 0. The molecule has 0 spiro atoms. The highest BCUT2D eigenvalue weighted by Crippen LogP contribution is 2.42. The lowest BCUT2D eigenvalue weighted by Gasteiger charge is -2.30. The minimum Gasteiger partial charge on any atom is -0.118 e. The first-order valence-corrected chi connectivity index (χ1v) is 5.83. The van der Waals surface area contributed by atoms with Gasteiger partial charge in [0.2, 0.25) is 0 Å². The number of benzene rings is 1. The van der Waals surface area contributed by atoms with E-state index in [-0.39, 0.29) is 5.38 Å². The number of halogens is 1. The van der Waals surface area contributed by atoms with E-state index in [2.05, 4.69) is 32.0 Å². The molecule has 0 saturated heterocycles. The highest BCUT2D eigenvalue weighted by atomic mass is 35.5. The maximum atomic E-state index is 6.47. The van der Waals surface area contributed by atoms with Crippen LogP contribution in [0.4, 0.5) is 0 Å². The van der Waals surface area contributed by atoms with Gasteiger partial charge in [-0.3, -0.25) is 0 Å². The predicted octanol–water partition coefficient (Wildman–Crippen LogP) is 4.38. The fourth-order valence-electron chi connectivity index (χ4n) is 2.12. The minimum absolute atomic E-state index is 0.240. The van der Waals surface area contributed by atoms with Crippen LogP contribution in [0.15, 0.2) is 18.2 Å². The predicted molar refractivity (Wildman–Crippen MR) is 61.9 cm³/mol. The molecule has 0 aliphatic heterocycles. The molecule has 1 atom stereocenters. The Kier molecular flexibility index (Phi) is 2.83. The van der Waals surface area contributed by atoms with Crippen molar-refractivity contribution in [2.45, 2.75) is 38.5 Å². The zero-order chi connectivity index (χ0) is 10.1. The lowest BCUT2D eigenvalue weighted by atomic mass is 9.79. The molecule has 0 radical (unpaired) electrons. The van der Waals surface area contributed by atoms with Crippen LogP contribution in [-0.4, -0.2) is 0 Å². The minimum atomic E-state index is 0.240. The molecular formula is C13H17Cl. The highest BCUT2D eigenvalue weighted by molar-refractivity contribution is 6.21. The molecule has 1 fully saturated rings. The van der Waals surface area contributed by atoms with Gasteiger partial charge in [-0.15, -0.1) is 11.6 Å². The number of hydrogen-bond acceptors (Lipinski definition) is 0. The van der Waals surface area contributed by atoms with Gasteiger partial charge in [0.25, 0.3) is 0 Å². The average Bonchev–Trinajstić information content (AvgIpc) is 2.00. The van der Waals surface area contributed by atoms with Gasteiger partial charge in [0, 0.05) is 0 Å². The third kappa shape index (κ3) is 1.81. The molecule has 14 heavy (non-hydrogen) atoms. The van der Waals surface area contributed by atoms with Crippen molar-refractivity contribution in [1.29, 1.82) is 0 Å². The van der Waals surface area contributed by atoms with Crippen molar-refractivity contribution in [3.05, 3.63) is 34.9 Å². The Balaban J connectivity index is 2.22. The lowest BCUT2D eigenvalue weighted by molar-refractivity contribution is 0.305. The Morgan fingerprint density at radius 1 is 1.29 bits per heavy atom. The zero-order valence-corrected chi connectivity index (χ0v) is 9.64. The molecule has 0 heterocycles. The molecule has 1 aromatic rings. The summed E-state index contributed by atoms with van der Waals surface area (Å²) in [6.45, 7) is 4.29. The monoisotopic (exact) mass is 208 g/mol. The average molecular weight is 209 g/mol. The van der Waals surface area contributed by atoms with Crippen LogP contribution in [0.5, 0.6) is 0 Å². The largest absolute Gasteiger partial charge is 0.118 e. The SMILES string of the molecule is Cc1ccc(C(Cl)C2CCC2)c(C)c1. The van der Waals surface area contributed by atoms with Crippen LogP contribution >= 0.6 is 11.6 Å². The van der Waals surface area contributed by atoms with Crippen molar-refractivity contribution in [2.75, 3.05) is 0 Å². The summed E-state index contributed by atoms with van der Waals surface area (Å²) >= 11 is 6.47. The van der Waals surface area contributed by atoms with E-state index >= 15 is 0 Å². The smallest absolute Gasteiger partial charge is 0.0615 e. The van der Waals surface area contributed by atoms with Crippen molar-refractivity contribution < 1.29 is 0 Å². The Morgan fingerprint density at radius 3 is 2.50 bits per heavy atom. The van der Waals surface area contributed by atoms with Gasteiger partial charge in [0.1, 0.15) is 0 Å². The van der Waals surface area contributed by atoms with Crippen LogP contribution in [0, 0.1) is 19.8 Å². The molecule has 1 aromatic carbocycles. The van der Waals surface area contributed by atoms with Crippen molar-refractivity contribution in [3.63, 3.8) is 0 Å². The van der Waals surface area contributed by atoms with Gasteiger partial charge in [0.05, 0.1) is 5.38 Å². The maximum Gasteiger partial charge on any atom is 0.0615 e. The first-order chi connectivity index (χ1) is 6.68. The van der Waals surface area contributed by atoms with Crippen LogP contribution < -0.4 is 0 Å². The maximum absolute atomic E-state index is 6.47. The van der Waals surface area contributed by atoms with Gasteiger partial charge in [-0.25, -0.2) is 0 Å². The molecule has 2 rings (SSSR count). The fraction of sp³-hybridized carbons (Fsp3) is 0.538. The molecule has 0 amide bonds. The number of aryl methyl sites for hydroxylation is 2. The zero-order valence-electron chi connectivity index (χ0n) is 8.89. The molecular weight excluding hydrogens is 192 g/mol. The summed E-state index contributed by atoms with van der Waals surface area (Å²) in [5, 5.41) is 0.240. The third-order valence-corrected chi connectivity index (χ3v) is 3.88. The van der Waals surface area contributed by atoms with E-state index in [9.17, 15) is 0 Å². The quantitative estimate of drug-likeness (QED) is 0.633. The van der Waals surface area contributed by atoms with E-state index in [0.717, 1.165) is 5.92 Å². The van der Waals surface area contributed by atoms with Gasteiger partial charge in [-0.05, 0) is 43.7 Å². The second-order valence-corrected chi connectivity index (χ2v) is 4.92. The molecule has 1 heteroatoms. The van der Waals surface area contributed by atoms with Crippen LogP contribution in [0.3, 0.4) is 0 Å². The van der Waals surface area contributed by atoms with Gasteiger partial charge in [0.15, 0.2) is 0 Å². The Labute approximate surface area is 91.3 Å². The van der Waals surface area contributed by atoms with Crippen molar-refractivity contribution in [2.24, 2.45) is 5.92 Å². The van der Waals surface area contributed by atoms with E-state index in [1.165, 1.54) is 36.0 Å². The molecule has 0 aromatic heterocycles. The van der Waals surface area contributed by atoms with Crippen LogP contribution in [-0.2, 0) is 0 Å². The van der Waals surface area contributed by atoms with Crippen LogP contribution in [0.2, 0.25) is 0 Å². The molecule has 1 aliphatic carbocycles. The molecule has 0 nitrogen and oxygen atoms in total. The van der Waals surface area contributed by atoms with E-state index in [1.54, 1.807) is 0 Å². The molecule has 1 saturated carbocycles. The van der Waals surface area contributed by atoms with Crippen LogP contribution in [0.25, 0.3) is 0 Å². The Bertz CT molecular complexity index is 326. The van der Waals surface area contributed by atoms with Gasteiger partial charge in [-0.1, -0.05) is 30.2 Å². The number of alkyl halides is 1. The van der Waals surface area contributed by atoms with Crippen molar-refractivity contribution in [1.82, 2.24) is 0 Å². The molecule has 0 bridgehead atoms. The topological polar surface area (TPSA) is 0 Å². The summed E-state index contributed by atoms with van der Waals surface area (Å²) in [5.74, 6) is 0.720.